The van der Waals surface area contributed by atoms with Crippen molar-refractivity contribution in [3.8, 4) is 11.5 Å². The maximum atomic E-state index is 12.4. The van der Waals surface area contributed by atoms with E-state index in [4.69, 9.17) is 9.47 Å². The zero-order chi connectivity index (χ0) is 21.8. The third-order valence-corrected chi connectivity index (χ3v) is 6.02. The van der Waals surface area contributed by atoms with Gasteiger partial charge < -0.3 is 14.8 Å². The van der Waals surface area contributed by atoms with E-state index >= 15 is 0 Å². The van der Waals surface area contributed by atoms with Gasteiger partial charge in [0.2, 0.25) is 5.91 Å². The zero-order valence-electron chi connectivity index (χ0n) is 17.7. The number of thioether (sulfide) groups is 1. The quantitative estimate of drug-likeness (QED) is 0.425. The Morgan fingerprint density at radius 2 is 1.87 bits per heavy atom. The first-order valence-electron chi connectivity index (χ1n) is 9.94. The third kappa shape index (κ3) is 4.44. The zero-order valence-corrected chi connectivity index (χ0v) is 18.5. The van der Waals surface area contributed by atoms with Gasteiger partial charge in [-0.05, 0) is 48.7 Å². The standard InChI is InChI=1S/C23H24N4O3S/c1-15-12-21-25-26-23(27(21)18-7-5-4-6-17(15)18)31-14-22(28)24-11-10-16-8-9-19(29-2)20(13-16)30-3/h4-9,12-13H,10-11,14H2,1-3H3,(H,24,28). The van der Waals surface area contributed by atoms with Gasteiger partial charge in [-0.3, -0.25) is 9.20 Å². The molecule has 0 saturated heterocycles. The summed E-state index contributed by atoms with van der Waals surface area (Å²) in [5.74, 6) is 1.60. The molecule has 0 aliphatic rings. The highest BCUT2D eigenvalue weighted by atomic mass is 32.2. The summed E-state index contributed by atoms with van der Waals surface area (Å²) in [6, 6.07) is 15.9. The highest BCUT2D eigenvalue weighted by Gasteiger charge is 2.13. The monoisotopic (exact) mass is 436 g/mol. The largest absolute Gasteiger partial charge is 0.493 e. The van der Waals surface area contributed by atoms with Crippen LogP contribution in [-0.4, -0.2) is 47.0 Å². The molecule has 31 heavy (non-hydrogen) atoms. The highest BCUT2D eigenvalue weighted by Crippen LogP contribution is 2.28. The van der Waals surface area contributed by atoms with Gasteiger partial charge in [-0.1, -0.05) is 36.0 Å². The van der Waals surface area contributed by atoms with Gasteiger partial charge in [0.1, 0.15) is 0 Å². The number of aryl methyl sites for hydroxylation is 1. The molecule has 0 aliphatic heterocycles. The van der Waals surface area contributed by atoms with Gasteiger partial charge in [0.15, 0.2) is 22.3 Å². The number of pyridine rings is 1. The van der Waals surface area contributed by atoms with Crippen LogP contribution in [0.3, 0.4) is 0 Å². The number of carbonyl (C=O) groups excluding carboxylic acids is 1. The van der Waals surface area contributed by atoms with Crippen molar-refractivity contribution in [1.29, 1.82) is 0 Å². The molecule has 4 rings (SSSR count). The number of amides is 1. The van der Waals surface area contributed by atoms with Gasteiger partial charge in [-0.25, -0.2) is 0 Å². The van der Waals surface area contributed by atoms with Crippen LogP contribution in [0.2, 0.25) is 0 Å². The van der Waals surface area contributed by atoms with Crippen molar-refractivity contribution in [2.24, 2.45) is 0 Å². The maximum absolute atomic E-state index is 12.4. The summed E-state index contributed by atoms with van der Waals surface area (Å²) >= 11 is 1.38. The van der Waals surface area contributed by atoms with E-state index in [0.717, 1.165) is 27.7 Å². The molecule has 4 aromatic rings. The SMILES string of the molecule is COc1ccc(CCNC(=O)CSc2nnc3cc(C)c4ccccc4n23)cc1OC. The maximum Gasteiger partial charge on any atom is 0.230 e. The Bertz CT molecular complexity index is 1240. The molecule has 0 saturated carbocycles. The number of carbonyl (C=O) groups is 1. The van der Waals surface area contributed by atoms with Crippen molar-refractivity contribution in [1.82, 2.24) is 19.9 Å². The van der Waals surface area contributed by atoms with Gasteiger partial charge >= 0.3 is 0 Å². The summed E-state index contributed by atoms with van der Waals surface area (Å²) in [6.07, 6.45) is 0.703. The number of fused-ring (bicyclic) bond motifs is 3. The molecule has 1 amide bonds. The van der Waals surface area contributed by atoms with Crippen molar-refractivity contribution in [3.63, 3.8) is 0 Å². The average molecular weight is 437 g/mol. The number of aromatic nitrogens is 3. The minimum absolute atomic E-state index is 0.0429. The van der Waals surface area contributed by atoms with E-state index in [-0.39, 0.29) is 11.7 Å². The van der Waals surface area contributed by atoms with Gasteiger partial charge in [-0.2, -0.15) is 0 Å². The van der Waals surface area contributed by atoms with Gasteiger partial charge in [0.05, 0.1) is 25.5 Å². The molecule has 0 spiro atoms. The molecule has 8 heteroatoms. The second-order valence-corrected chi connectivity index (χ2v) is 8.04. The van der Waals surface area contributed by atoms with Crippen LogP contribution in [-0.2, 0) is 11.2 Å². The minimum atomic E-state index is -0.0429. The number of nitrogens with one attached hydrogen (secondary N) is 1. The predicted molar refractivity (Wildman–Crippen MR) is 122 cm³/mol. The summed E-state index contributed by atoms with van der Waals surface area (Å²) in [5, 5.41) is 13.4. The lowest BCUT2D eigenvalue weighted by molar-refractivity contribution is -0.118. The summed E-state index contributed by atoms with van der Waals surface area (Å²) in [5.41, 5.74) is 4.04. The first-order chi connectivity index (χ1) is 15.1. The molecule has 7 nitrogen and oxygen atoms in total. The number of methoxy groups -OCH3 is 2. The smallest absolute Gasteiger partial charge is 0.230 e. The summed E-state index contributed by atoms with van der Waals surface area (Å²) in [4.78, 5) is 12.4. The van der Waals surface area contributed by atoms with Crippen molar-refractivity contribution in [2.75, 3.05) is 26.5 Å². The second kappa shape index (κ2) is 9.26. The van der Waals surface area contributed by atoms with Crippen LogP contribution < -0.4 is 14.8 Å². The van der Waals surface area contributed by atoms with Crippen molar-refractivity contribution >= 4 is 34.2 Å². The Hall–Kier alpha value is -3.26. The lowest BCUT2D eigenvalue weighted by atomic mass is 10.1. The number of rotatable bonds is 8. The molecule has 2 heterocycles. The molecule has 0 radical (unpaired) electrons. The number of benzene rings is 2. The first-order valence-corrected chi connectivity index (χ1v) is 10.9. The molecular formula is C23H24N4O3S. The van der Waals surface area contributed by atoms with Gasteiger partial charge in [0.25, 0.3) is 0 Å². The summed E-state index contributed by atoms with van der Waals surface area (Å²) in [6.45, 7) is 2.60. The molecule has 0 atom stereocenters. The lowest BCUT2D eigenvalue weighted by Gasteiger charge is -2.10. The van der Waals surface area contributed by atoms with Crippen LogP contribution in [0.15, 0.2) is 53.7 Å². The van der Waals surface area contributed by atoms with E-state index in [0.29, 0.717) is 29.6 Å². The fourth-order valence-electron chi connectivity index (χ4n) is 3.53. The fourth-order valence-corrected chi connectivity index (χ4v) is 4.31. The Morgan fingerprint density at radius 1 is 1.06 bits per heavy atom. The number of para-hydroxylation sites is 1. The lowest BCUT2D eigenvalue weighted by Crippen LogP contribution is -2.27. The first kappa shape index (κ1) is 21.0. The number of hydrogen-bond donors (Lipinski definition) is 1. The molecular weight excluding hydrogens is 412 g/mol. The predicted octanol–water partition coefficient (Wildman–Crippen LogP) is 3.66. The van der Waals surface area contributed by atoms with Crippen LogP contribution in [0.1, 0.15) is 11.1 Å². The number of nitrogens with zero attached hydrogens (tertiary/aromatic N) is 3. The topological polar surface area (TPSA) is 77.8 Å². The molecule has 0 aliphatic carbocycles. The average Bonchev–Trinajstić information content (AvgIpc) is 3.20. The van der Waals surface area contributed by atoms with Crippen LogP contribution in [0, 0.1) is 6.92 Å². The molecule has 2 aromatic carbocycles. The van der Waals surface area contributed by atoms with E-state index in [1.54, 1.807) is 14.2 Å². The highest BCUT2D eigenvalue weighted by molar-refractivity contribution is 7.99. The summed E-state index contributed by atoms with van der Waals surface area (Å²) in [7, 11) is 3.22. The van der Waals surface area contributed by atoms with E-state index in [1.807, 2.05) is 46.9 Å². The van der Waals surface area contributed by atoms with E-state index in [1.165, 1.54) is 11.8 Å². The molecule has 0 bridgehead atoms. The molecule has 160 valence electrons. The van der Waals surface area contributed by atoms with E-state index < -0.39 is 0 Å². The molecule has 0 fully saturated rings. The molecule has 0 unspecified atom stereocenters. The molecule has 2 aromatic heterocycles. The number of hydrogen-bond acceptors (Lipinski definition) is 6. The van der Waals surface area contributed by atoms with Crippen molar-refractivity contribution < 1.29 is 14.3 Å². The second-order valence-electron chi connectivity index (χ2n) is 7.10. The van der Waals surface area contributed by atoms with Gasteiger partial charge in [0, 0.05) is 11.9 Å². The van der Waals surface area contributed by atoms with E-state index in [2.05, 4.69) is 28.5 Å². The van der Waals surface area contributed by atoms with Crippen molar-refractivity contribution in [3.05, 3.63) is 59.7 Å². The van der Waals surface area contributed by atoms with Gasteiger partial charge in [-0.15, -0.1) is 10.2 Å². The molecule has 1 N–H and O–H groups in total. The van der Waals surface area contributed by atoms with Crippen molar-refractivity contribution in [2.45, 2.75) is 18.5 Å². The number of ether oxygens (including phenoxy) is 2. The fraction of sp³-hybridized carbons (Fsp3) is 0.261. The minimum Gasteiger partial charge on any atom is -0.493 e. The van der Waals surface area contributed by atoms with Crippen LogP contribution in [0.25, 0.3) is 16.6 Å². The van der Waals surface area contributed by atoms with Crippen LogP contribution in [0.4, 0.5) is 0 Å². The summed E-state index contributed by atoms with van der Waals surface area (Å²) < 4.78 is 12.6. The van der Waals surface area contributed by atoms with E-state index in [9.17, 15) is 4.79 Å². The van der Waals surface area contributed by atoms with Crippen LogP contribution >= 0.6 is 11.8 Å². The third-order valence-electron chi connectivity index (χ3n) is 5.09. The Labute approximate surface area is 184 Å². The Balaban J connectivity index is 1.37. The normalized spacial score (nSPS) is 11.1. The Morgan fingerprint density at radius 3 is 2.68 bits per heavy atom. The van der Waals surface area contributed by atoms with Crippen LogP contribution in [0.5, 0.6) is 11.5 Å². The Kier molecular flexibility index (Phi) is 6.27.